The number of anilines is 1. The molecule has 2 atom stereocenters. The molecule has 55 heavy (non-hydrogen) atoms. The van der Waals surface area contributed by atoms with Crippen LogP contribution in [0.15, 0.2) is 12.3 Å². The molecular formula is C41H60Cl2N8O4. The van der Waals surface area contributed by atoms with Gasteiger partial charge in [-0.25, -0.2) is 9.48 Å². The fraction of sp³-hybridized carbons (Fsp3) is 0.732. The molecule has 5 aliphatic rings. The molecule has 1 amide bonds. The zero-order valence-corrected chi connectivity index (χ0v) is 35.2. The van der Waals surface area contributed by atoms with Crippen molar-refractivity contribution in [3.05, 3.63) is 28.0 Å². The van der Waals surface area contributed by atoms with E-state index in [-0.39, 0.29) is 23.9 Å². The third-order valence-corrected chi connectivity index (χ3v) is 13.5. The van der Waals surface area contributed by atoms with Crippen LogP contribution in [0.2, 0.25) is 10.0 Å². The fourth-order valence-electron chi connectivity index (χ4n) is 9.67. The van der Waals surface area contributed by atoms with Crippen LogP contribution in [0.4, 0.5) is 10.6 Å². The number of ether oxygens (including phenoxy) is 3. The van der Waals surface area contributed by atoms with Crippen LogP contribution >= 0.6 is 23.2 Å². The Kier molecular flexibility index (Phi) is 11.1. The summed E-state index contributed by atoms with van der Waals surface area (Å²) in [5.41, 5.74) is 3.17. The average Bonchev–Trinajstić information content (AvgIpc) is 3.69. The van der Waals surface area contributed by atoms with Crippen LogP contribution in [0, 0.1) is 12.8 Å². The lowest BCUT2D eigenvalue weighted by molar-refractivity contribution is -0.0779. The van der Waals surface area contributed by atoms with E-state index in [9.17, 15) is 4.79 Å². The largest absolute Gasteiger partial charge is 0.444 e. The van der Waals surface area contributed by atoms with Crippen molar-refractivity contribution < 1.29 is 19.0 Å². The lowest BCUT2D eigenvalue weighted by Crippen LogP contribution is -2.58. The first-order valence-electron chi connectivity index (χ1n) is 20.6. The number of amides is 1. The highest BCUT2D eigenvalue weighted by Crippen LogP contribution is 2.49. The lowest BCUT2D eigenvalue weighted by Gasteiger charge is -2.48. The van der Waals surface area contributed by atoms with Crippen molar-refractivity contribution in [2.45, 2.75) is 116 Å². The van der Waals surface area contributed by atoms with Crippen molar-refractivity contribution in [1.82, 2.24) is 34.3 Å². The number of hydrogen-bond acceptors (Lipinski definition) is 9. The van der Waals surface area contributed by atoms with Gasteiger partial charge >= 0.3 is 6.09 Å². The normalized spacial score (nSPS) is 25.1. The second-order valence-electron chi connectivity index (χ2n) is 18.2. The minimum atomic E-state index is -0.532. The van der Waals surface area contributed by atoms with Crippen molar-refractivity contribution in [3.63, 3.8) is 0 Å². The number of likely N-dealkylation sites (tertiary alicyclic amines) is 1. The number of carbonyl (C=O) groups is 1. The van der Waals surface area contributed by atoms with Crippen LogP contribution in [-0.2, 0) is 14.2 Å². The predicted octanol–water partition coefficient (Wildman–Crippen LogP) is 7.80. The maximum absolute atomic E-state index is 13.0. The van der Waals surface area contributed by atoms with Gasteiger partial charge in [0.15, 0.2) is 12.0 Å². The molecule has 12 nitrogen and oxygen atoms in total. The number of halogens is 2. The molecule has 0 bridgehead atoms. The summed E-state index contributed by atoms with van der Waals surface area (Å²) in [4.78, 5) is 22.6. The van der Waals surface area contributed by atoms with Gasteiger partial charge in [0, 0.05) is 86.7 Å². The van der Waals surface area contributed by atoms with Crippen molar-refractivity contribution in [2.24, 2.45) is 5.92 Å². The van der Waals surface area contributed by atoms with E-state index >= 15 is 0 Å². The molecule has 5 aliphatic heterocycles. The second kappa shape index (κ2) is 15.6. The first-order valence-corrected chi connectivity index (χ1v) is 21.4. The Hall–Kier alpha value is -2.61. The summed E-state index contributed by atoms with van der Waals surface area (Å²) in [6, 6.07) is 2.67. The van der Waals surface area contributed by atoms with Gasteiger partial charge in [-0.15, -0.1) is 0 Å². The molecule has 1 aromatic carbocycles. The summed E-state index contributed by atoms with van der Waals surface area (Å²) >= 11 is 14.3. The Morgan fingerprint density at radius 3 is 2.33 bits per heavy atom. The van der Waals surface area contributed by atoms with Gasteiger partial charge in [0.2, 0.25) is 0 Å². The van der Waals surface area contributed by atoms with Crippen molar-refractivity contribution in [3.8, 4) is 11.1 Å². The highest BCUT2D eigenvalue weighted by atomic mass is 35.5. The Labute approximate surface area is 336 Å². The number of piperidine rings is 2. The van der Waals surface area contributed by atoms with E-state index in [0.29, 0.717) is 35.1 Å². The molecule has 5 saturated heterocycles. The first-order chi connectivity index (χ1) is 26.3. The quantitative estimate of drug-likeness (QED) is 0.238. The van der Waals surface area contributed by atoms with E-state index in [2.05, 4.69) is 40.2 Å². The van der Waals surface area contributed by atoms with Gasteiger partial charge in [-0.1, -0.05) is 23.2 Å². The van der Waals surface area contributed by atoms with E-state index in [1.807, 2.05) is 42.6 Å². The van der Waals surface area contributed by atoms with Crippen molar-refractivity contribution >= 4 is 46.0 Å². The van der Waals surface area contributed by atoms with Crippen LogP contribution < -0.4 is 4.90 Å². The van der Waals surface area contributed by atoms with Gasteiger partial charge in [-0.3, -0.25) is 9.58 Å². The van der Waals surface area contributed by atoms with Gasteiger partial charge in [0.25, 0.3) is 0 Å². The first kappa shape index (κ1) is 39.2. The van der Waals surface area contributed by atoms with E-state index in [1.165, 1.54) is 0 Å². The Morgan fingerprint density at radius 1 is 0.945 bits per heavy atom. The Bertz CT molecular complexity index is 1850. The number of piperazine rings is 1. The molecule has 8 rings (SSSR count). The molecule has 0 saturated carbocycles. The Morgan fingerprint density at radius 2 is 1.69 bits per heavy atom. The van der Waals surface area contributed by atoms with Gasteiger partial charge in [-0.2, -0.15) is 10.2 Å². The average molecular weight is 800 g/mol. The number of aromatic nitrogens is 4. The Balaban J connectivity index is 1.11. The predicted molar refractivity (Wildman–Crippen MR) is 217 cm³/mol. The number of nitrogens with zero attached hydrogens (tertiary/aromatic N) is 8. The van der Waals surface area contributed by atoms with Crippen LogP contribution in [0.5, 0.6) is 0 Å². The molecule has 0 aliphatic carbocycles. The standard InChI is InChI=1S/C41H60Cl2N8O4/c1-27-35(36-31-23-44-51(34-9-7-8-20-54-34)33(31)21-32(42)37(36)43)38(45-50(27)29-11-13-48(14-12-29)39(52)55-40(2,3)4)49-15-10-28(22-41(49,5)6)24-46-16-18-47(19-17-46)30-25-53-26-30/h21,23,28-30,34H,7-20,22,24-26H2,1-6H3/t28-,34?/m1/s1. The highest BCUT2D eigenvalue weighted by molar-refractivity contribution is 6.45. The van der Waals surface area contributed by atoms with Crippen LogP contribution in [0.25, 0.3) is 22.0 Å². The molecule has 1 unspecified atom stereocenters. The van der Waals surface area contributed by atoms with Crippen LogP contribution in [0.1, 0.15) is 97.5 Å². The second-order valence-corrected chi connectivity index (χ2v) is 19.0. The van der Waals surface area contributed by atoms with Gasteiger partial charge < -0.3 is 28.9 Å². The molecule has 2 aromatic heterocycles. The number of carbonyl (C=O) groups excluding carboxylic acids is 1. The van der Waals surface area contributed by atoms with Gasteiger partial charge in [0.1, 0.15) is 5.60 Å². The molecule has 302 valence electrons. The zero-order valence-electron chi connectivity index (χ0n) is 33.7. The number of benzene rings is 1. The molecule has 3 aromatic rings. The van der Waals surface area contributed by atoms with Gasteiger partial charge in [0.05, 0.1) is 47.1 Å². The highest BCUT2D eigenvalue weighted by Gasteiger charge is 2.41. The van der Waals surface area contributed by atoms with E-state index in [4.69, 9.17) is 47.6 Å². The third kappa shape index (κ3) is 7.97. The molecule has 14 heteroatoms. The smallest absolute Gasteiger partial charge is 0.410 e. The lowest BCUT2D eigenvalue weighted by atomic mass is 9.81. The summed E-state index contributed by atoms with van der Waals surface area (Å²) in [5, 5.41) is 12.4. The molecule has 5 fully saturated rings. The molecule has 0 radical (unpaired) electrons. The summed E-state index contributed by atoms with van der Waals surface area (Å²) in [5.74, 6) is 1.54. The molecule has 0 spiro atoms. The van der Waals surface area contributed by atoms with E-state index < -0.39 is 5.60 Å². The molecular weight excluding hydrogens is 739 g/mol. The fourth-order valence-corrected chi connectivity index (χ4v) is 10.1. The minimum absolute atomic E-state index is 0.115. The number of hydrogen-bond donors (Lipinski definition) is 0. The van der Waals surface area contributed by atoms with Crippen molar-refractivity contribution in [2.75, 3.05) is 77.1 Å². The summed E-state index contributed by atoms with van der Waals surface area (Å²) < 4.78 is 21.6. The third-order valence-electron chi connectivity index (χ3n) is 12.7. The number of fused-ring (bicyclic) bond motifs is 1. The maximum Gasteiger partial charge on any atom is 0.410 e. The topological polar surface area (TPSA) is 93.4 Å². The monoisotopic (exact) mass is 798 g/mol. The van der Waals surface area contributed by atoms with E-state index in [0.717, 1.165) is 138 Å². The maximum atomic E-state index is 13.0. The SMILES string of the molecule is Cc1c(-c2c(Cl)c(Cl)cc3c2cnn3C2CCCCO2)c(N2CC[C@@H](CN3CCN(C4COC4)CC3)CC2(C)C)nn1C1CCN(C(=O)OC(C)(C)C)CC1. The summed E-state index contributed by atoms with van der Waals surface area (Å²) in [6.45, 7) is 22.9. The van der Waals surface area contributed by atoms with Crippen LogP contribution in [-0.4, -0.2) is 130 Å². The number of rotatable bonds is 7. The molecule has 0 N–H and O–H groups in total. The summed E-state index contributed by atoms with van der Waals surface area (Å²) in [6.07, 6.45) is 8.33. The van der Waals surface area contributed by atoms with Gasteiger partial charge in [-0.05, 0) is 98.5 Å². The van der Waals surface area contributed by atoms with Crippen LogP contribution in [0.3, 0.4) is 0 Å². The minimum Gasteiger partial charge on any atom is -0.444 e. The van der Waals surface area contributed by atoms with Crippen molar-refractivity contribution in [1.29, 1.82) is 0 Å². The van der Waals surface area contributed by atoms with E-state index in [1.54, 1.807) is 0 Å². The summed E-state index contributed by atoms with van der Waals surface area (Å²) in [7, 11) is 0. The zero-order chi connectivity index (χ0) is 38.6. The molecule has 7 heterocycles.